The summed E-state index contributed by atoms with van der Waals surface area (Å²) < 4.78 is 11.5. The summed E-state index contributed by atoms with van der Waals surface area (Å²) in [5.41, 5.74) is 1.12. The molecule has 0 fully saturated rings. The largest absolute Gasteiger partial charge is 0.493 e. The fourth-order valence-electron chi connectivity index (χ4n) is 1.86. The van der Waals surface area contributed by atoms with Gasteiger partial charge in [-0.3, -0.25) is 0 Å². The fraction of sp³-hybridized carbons (Fsp3) is 0.647. The average molecular weight is 295 g/mol. The first kappa shape index (κ1) is 17.8. The molecule has 0 amide bonds. The van der Waals surface area contributed by atoms with Gasteiger partial charge in [-0.25, -0.2) is 0 Å². The first-order chi connectivity index (χ1) is 10.2. The van der Waals surface area contributed by atoms with Crippen molar-refractivity contribution in [1.82, 2.24) is 5.32 Å². The van der Waals surface area contributed by atoms with Gasteiger partial charge >= 0.3 is 0 Å². The van der Waals surface area contributed by atoms with Gasteiger partial charge in [-0.05, 0) is 32.4 Å². The topological polar surface area (TPSA) is 50.7 Å². The number of benzene rings is 1. The van der Waals surface area contributed by atoms with Crippen LogP contribution in [0.15, 0.2) is 18.2 Å². The highest BCUT2D eigenvalue weighted by atomic mass is 16.5. The van der Waals surface area contributed by atoms with Gasteiger partial charge in [0.25, 0.3) is 0 Å². The monoisotopic (exact) mass is 295 g/mol. The van der Waals surface area contributed by atoms with Crippen molar-refractivity contribution in [2.45, 2.75) is 52.7 Å². The molecule has 1 aromatic rings. The molecule has 0 aromatic heterocycles. The smallest absolute Gasteiger partial charge is 0.127 e. The Bertz CT molecular complexity index is 394. The summed E-state index contributed by atoms with van der Waals surface area (Å²) in [5, 5.41) is 12.7. The van der Waals surface area contributed by atoms with E-state index in [0.717, 1.165) is 43.0 Å². The highest BCUT2D eigenvalue weighted by Gasteiger charge is 2.07. The first-order valence-corrected chi connectivity index (χ1v) is 7.94. The zero-order valence-electron chi connectivity index (χ0n) is 13.5. The van der Waals surface area contributed by atoms with Crippen molar-refractivity contribution in [3.8, 4) is 11.5 Å². The molecule has 1 unspecified atom stereocenters. The maximum atomic E-state index is 9.33. The Morgan fingerprint density at radius 3 is 2.62 bits per heavy atom. The molecule has 4 heteroatoms. The molecule has 0 heterocycles. The van der Waals surface area contributed by atoms with Gasteiger partial charge in [0.1, 0.15) is 11.5 Å². The van der Waals surface area contributed by atoms with Gasteiger partial charge in [0.15, 0.2) is 0 Å². The van der Waals surface area contributed by atoms with Gasteiger partial charge in [0.2, 0.25) is 0 Å². The van der Waals surface area contributed by atoms with Crippen LogP contribution in [0.1, 0.15) is 45.6 Å². The Kier molecular flexibility index (Phi) is 8.87. The van der Waals surface area contributed by atoms with Crippen LogP contribution in [0.4, 0.5) is 0 Å². The van der Waals surface area contributed by atoms with Gasteiger partial charge < -0.3 is 19.9 Å². The highest BCUT2D eigenvalue weighted by Crippen LogP contribution is 2.25. The molecule has 2 N–H and O–H groups in total. The van der Waals surface area contributed by atoms with Crippen molar-refractivity contribution in [3.05, 3.63) is 23.8 Å². The van der Waals surface area contributed by atoms with Gasteiger partial charge in [-0.15, -0.1) is 0 Å². The molecule has 120 valence electrons. The maximum Gasteiger partial charge on any atom is 0.127 e. The lowest BCUT2D eigenvalue weighted by molar-refractivity contribution is 0.155. The summed E-state index contributed by atoms with van der Waals surface area (Å²) in [7, 11) is 0. The summed E-state index contributed by atoms with van der Waals surface area (Å²) >= 11 is 0. The van der Waals surface area contributed by atoms with Crippen molar-refractivity contribution in [3.63, 3.8) is 0 Å². The third kappa shape index (κ3) is 7.34. The van der Waals surface area contributed by atoms with Crippen LogP contribution in [0.2, 0.25) is 0 Å². The van der Waals surface area contributed by atoms with E-state index in [-0.39, 0.29) is 6.10 Å². The van der Waals surface area contributed by atoms with Crippen LogP contribution in [0.5, 0.6) is 11.5 Å². The van der Waals surface area contributed by atoms with Crippen LogP contribution in [-0.4, -0.2) is 31.0 Å². The number of ether oxygens (including phenoxy) is 2. The predicted octanol–water partition coefficient (Wildman–Crippen LogP) is 3.12. The van der Waals surface area contributed by atoms with E-state index in [9.17, 15) is 5.11 Å². The molecule has 0 aliphatic rings. The predicted molar refractivity (Wildman–Crippen MR) is 86.0 cm³/mol. The Hall–Kier alpha value is -1.26. The minimum absolute atomic E-state index is 0.341. The summed E-state index contributed by atoms with van der Waals surface area (Å²) in [4.78, 5) is 0. The van der Waals surface area contributed by atoms with Gasteiger partial charge in [0.05, 0.1) is 19.3 Å². The van der Waals surface area contributed by atoms with Crippen LogP contribution < -0.4 is 14.8 Å². The van der Waals surface area contributed by atoms with E-state index in [1.807, 2.05) is 18.2 Å². The van der Waals surface area contributed by atoms with Crippen LogP contribution in [0.3, 0.4) is 0 Å². The molecular weight excluding hydrogens is 266 g/mol. The Balaban J connectivity index is 2.69. The zero-order valence-corrected chi connectivity index (χ0v) is 13.5. The number of aliphatic hydroxyl groups is 1. The van der Waals surface area contributed by atoms with Crippen LogP contribution >= 0.6 is 0 Å². The molecule has 0 bridgehead atoms. The molecule has 1 atom stereocenters. The SMILES string of the molecule is CCCNCc1ccc(OCCC)cc1OCCC(C)O. The third-order valence-electron chi connectivity index (χ3n) is 3.05. The average Bonchev–Trinajstić information content (AvgIpc) is 2.46. The molecule has 21 heavy (non-hydrogen) atoms. The van der Waals surface area contributed by atoms with Crippen LogP contribution in [0.25, 0.3) is 0 Å². The van der Waals surface area contributed by atoms with E-state index in [2.05, 4.69) is 19.2 Å². The molecule has 0 radical (unpaired) electrons. The molecular formula is C17H29NO3. The molecule has 0 saturated heterocycles. The van der Waals surface area contributed by atoms with E-state index in [0.29, 0.717) is 19.6 Å². The van der Waals surface area contributed by atoms with Crippen molar-refractivity contribution in [2.24, 2.45) is 0 Å². The Labute approximate surface area is 128 Å². The first-order valence-electron chi connectivity index (χ1n) is 7.94. The van der Waals surface area contributed by atoms with Crippen molar-refractivity contribution in [2.75, 3.05) is 19.8 Å². The van der Waals surface area contributed by atoms with E-state index < -0.39 is 0 Å². The second-order valence-electron chi connectivity index (χ2n) is 5.28. The van der Waals surface area contributed by atoms with E-state index in [4.69, 9.17) is 9.47 Å². The molecule has 0 saturated carbocycles. The lowest BCUT2D eigenvalue weighted by Gasteiger charge is -2.15. The van der Waals surface area contributed by atoms with Gasteiger partial charge in [-0.1, -0.05) is 19.9 Å². The van der Waals surface area contributed by atoms with E-state index >= 15 is 0 Å². The Morgan fingerprint density at radius 1 is 1.14 bits per heavy atom. The summed E-state index contributed by atoms with van der Waals surface area (Å²) in [6, 6.07) is 5.98. The minimum atomic E-state index is -0.341. The lowest BCUT2D eigenvalue weighted by atomic mass is 10.2. The quantitative estimate of drug-likeness (QED) is 0.616. The molecule has 0 spiro atoms. The normalized spacial score (nSPS) is 12.2. The molecule has 1 aromatic carbocycles. The highest BCUT2D eigenvalue weighted by molar-refractivity contribution is 5.40. The number of rotatable bonds is 11. The standard InChI is InChI=1S/C17H29NO3/c1-4-9-18-13-15-6-7-16(20-10-5-2)12-17(15)21-11-8-14(3)19/h6-7,12,14,18-19H,4-5,8-11,13H2,1-3H3. The molecule has 4 nitrogen and oxygen atoms in total. The lowest BCUT2D eigenvalue weighted by Crippen LogP contribution is -2.15. The molecule has 1 rings (SSSR count). The number of nitrogens with one attached hydrogen (secondary N) is 1. The summed E-state index contributed by atoms with van der Waals surface area (Å²) in [6.45, 7) is 9.00. The fourth-order valence-corrected chi connectivity index (χ4v) is 1.86. The van der Waals surface area contributed by atoms with Crippen LogP contribution in [-0.2, 0) is 6.54 Å². The van der Waals surface area contributed by atoms with Crippen LogP contribution in [0, 0.1) is 0 Å². The molecule has 0 aliphatic carbocycles. The summed E-state index contributed by atoms with van der Waals surface area (Å²) in [5.74, 6) is 1.68. The minimum Gasteiger partial charge on any atom is -0.493 e. The van der Waals surface area contributed by atoms with E-state index in [1.54, 1.807) is 6.92 Å². The zero-order chi connectivity index (χ0) is 15.5. The van der Waals surface area contributed by atoms with Crippen molar-refractivity contribution in [1.29, 1.82) is 0 Å². The number of hydrogen-bond acceptors (Lipinski definition) is 4. The van der Waals surface area contributed by atoms with Gasteiger partial charge in [-0.2, -0.15) is 0 Å². The Morgan fingerprint density at radius 2 is 1.95 bits per heavy atom. The second-order valence-corrected chi connectivity index (χ2v) is 5.28. The maximum absolute atomic E-state index is 9.33. The van der Waals surface area contributed by atoms with Crippen molar-refractivity contribution >= 4 is 0 Å². The summed E-state index contributed by atoms with van der Waals surface area (Å²) in [6.07, 6.45) is 2.38. The van der Waals surface area contributed by atoms with Gasteiger partial charge in [0, 0.05) is 24.6 Å². The van der Waals surface area contributed by atoms with Crippen molar-refractivity contribution < 1.29 is 14.6 Å². The number of aliphatic hydroxyl groups excluding tert-OH is 1. The third-order valence-corrected chi connectivity index (χ3v) is 3.05. The second kappa shape index (κ2) is 10.5. The number of hydrogen-bond donors (Lipinski definition) is 2. The molecule has 0 aliphatic heterocycles. The van der Waals surface area contributed by atoms with E-state index in [1.165, 1.54) is 0 Å².